The number of carbonyl (C=O) groups excluding carboxylic acids is 1. The minimum Gasteiger partial charge on any atom is -0.496 e. The van der Waals surface area contributed by atoms with Crippen LogP contribution in [0.1, 0.15) is 33.4 Å². The van der Waals surface area contributed by atoms with E-state index in [4.69, 9.17) is 9.47 Å². The van der Waals surface area contributed by atoms with E-state index in [-0.39, 0.29) is 11.9 Å². The van der Waals surface area contributed by atoms with Gasteiger partial charge in [0, 0.05) is 30.6 Å². The summed E-state index contributed by atoms with van der Waals surface area (Å²) in [6, 6.07) is 12.8. The Morgan fingerprint density at radius 3 is 2.26 bits per heavy atom. The molecule has 140 valence electrons. The Balaban J connectivity index is 1.97. The largest absolute Gasteiger partial charge is 0.496 e. The Kier molecular flexibility index (Phi) is 5.45. The highest BCUT2D eigenvalue weighted by Crippen LogP contribution is 2.30. The summed E-state index contributed by atoms with van der Waals surface area (Å²) >= 11 is 0. The SMILES string of the molecule is COc1cc(C(=O)NC(c2ccccc2)c2nccn2C)cc(OC)c1C. The van der Waals surface area contributed by atoms with Gasteiger partial charge in [0.2, 0.25) is 0 Å². The van der Waals surface area contributed by atoms with Crippen LogP contribution < -0.4 is 14.8 Å². The summed E-state index contributed by atoms with van der Waals surface area (Å²) in [7, 11) is 5.05. The van der Waals surface area contributed by atoms with Gasteiger partial charge in [-0.1, -0.05) is 30.3 Å². The van der Waals surface area contributed by atoms with E-state index in [0.29, 0.717) is 17.1 Å². The number of nitrogens with zero attached hydrogens (tertiary/aromatic N) is 2. The van der Waals surface area contributed by atoms with E-state index in [0.717, 1.165) is 17.0 Å². The molecule has 27 heavy (non-hydrogen) atoms. The van der Waals surface area contributed by atoms with Crippen LogP contribution in [0.3, 0.4) is 0 Å². The minimum atomic E-state index is -0.378. The molecule has 0 saturated carbocycles. The normalized spacial score (nSPS) is 11.7. The summed E-state index contributed by atoms with van der Waals surface area (Å²) < 4.78 is 12.7. The molecule has 0 aliphatic carbocycles. The number of nitrogens with one attached hydrogen (secondary N) is 1. The second-order valence-corrected chi connectivity index (χ2v) is 6.22. The minimum absolute atomic E-state index is 0.233. The van der Waals surface area contributed by atoms with Crippen molar-refractivity contribution in [1.82, 2.24) is 14.9 Å². The molecule has 2 aromatic carbocycles. The van der Waals surface area contributed by atoms with Crippen molar-refractivity contribution < 1.29 is 14.3 Å². The third kappa shape index (κ3) is 3.79. The van der Waals surface area contributed by atoms with Gasteiger partial charge in [-0.05, 0) is 24.6 Å². The van der Waals surface area contributed by atoms with Gasteiger partial charge in [-0.15, -0.1) is 0 Å². The molecule has 0 aliphatic heterocycles. The maximum Gasteiger partial charge on any atom is 0.252 e. The molecule has 0 saturated heterocycles. The zero-order chi connectivity index (χ0) is 19.4. The van der Waals surface area contributed by atoms with Gasteiger partial charge >= 0.3 is 0 Å². The number of hydrogen-bond acceptors (Lipinski definition) is 4. The predicted molar refractivity (Wildman–Crippen MR) is 103 cm³/mol. The van der Waals surface area contributed by atoms with Crippen LogP contribution in [0.15, 0.2) is 54.9 Å². The monoisotopic (exact) mass is 365 g/mol. The van der Waals surface area contributed by atoms with E-state index in [9.17, 15) is 4.79 Å². The first-order valence-electron chi connectivity index (χ1n) is 8.60. The quantitative estimate of drug-likeness (QED) is 0.728. The first-order valence-corrected chi connectivity index (χ1v) is 8.60. The van der Waals surface area contributed by atoms with E-state index < -0.39 is 0 Å². The number of imidazole rings is 1. The second kappa shape index (κ2) is 7.95. The van der Waals surface area contributed by atoms with E-state index in [1.165, 1.54) is 0 Å². The molecule has 0 spiro atoms. The van der Waals surface area contributed by atoms with E-state index in [2.05, 4.69) is 10.3 Å². The molecule has 0 radical (unpaired) electrons. The number of ether oxygens (including phenoxy) is 2. The summed E-state index contributed by atoms with van der Waals surface area (Å²) in [4.78, 5) is 17.4. The van der Waals surface area contributed by atoms with Crippen LogP contribution >= 0.6 is 0 Å². The molecular weight excluding hydrogens is 342 g/mol. The van der Waals surface area contributed by atoms with Crippen molar-refractivity contribution in [1.29, 1.82) is 0 Å². The van der Waals surface area contributed by atoms with Crippen LogP contribution in [0.2, 0.25) is 0 Å². The number of aromatic nitrogens is 2. The third-order valence-corrected chi connectivity index (χ3v) is 4.54. The van der Waals surface area contributed by atoms with Crippen molar-refractivity contribution in [2.24, 2.45) is 7.05 Å². The zero-order valence-corrected chi connectivity index (χ0v) is 15.9. The topological polar surface area (TPSA) is 65.4 Å². The van der Waals surface area contributed by atoms with Crippen molar-refractivity contribution >= 4 is 5.91 Å². The molecule has 6 nitrogen and oxygen atoms in total. The van der Waals surface area contributed by atoms with Crippen LogP contribution in [0.4, 0.5) is 0 Å². The summed E-state index contributed by atoms with van der Waals surface area (Å²) in [6.45, 7) is 1.89. The average molecular weight is 365 g/mol. The highest BCUT2D eigenvalue weighted by Gasteiger charge is 2.22. The smallest absolute Gasteiger partial charge is 0.252 e. The zero-order valence-electron chi connectivity index (χ0n) is 15.9. The van der Waals surface area contributed by atoms with Gasteiger partial charge in [0.25, 0.3) is 5.91 Å². The molecule has 1 N–H and O–H groups in total. The lowest BCUT2D eigenvalue weighted by Gasteiger charge is -2.20. The van der Waals surface area contributed by atoms with E-state index in [1.807, 2.05) is 55.1 Å². The van der Waals surface area contributed by atoms with Crippen LogP contribution in [0, 0.1) is 6.92 Å². The molecule has 1 aromatic heterocycles. The fraction of sp³-hybridized carbons (Fsp3) is 0.238. The van der Waals surface area contributed by atoms with Crippen LogP contribution in [-0.2, 0) is 7.05 Å². The van der Waals surface area contributed by atoms with Gasteiger partial charge in [0.15, 0.2) is 0 Å². The van der Waals surface area contributed by atoms with Gasteiger partial charge in [-0.3, -0.25) is 4.79 Å². The number of methoxy groups -OCH3 is 2. The van der Waals surface area contributed by atoms with Crippen LogP contribution in [0.5, 0.6) is 11.5 Å². The number of hydrogen-bond donors (Lipinski definition) is 1. The summed E-state index contributed by atoms with van der Waals surface area (Å²) in [6.07, 6.45) is 3.57. The lowest BCUT2D eigenvalue weighted by atomic mass is 10.0. The Bertz CT molecular complexity index is 910. The first-order chi connectivity index (χ1) is 13.0. The molecule has 1 amide bonds. The number of aryl methyl sites for hydroxylation is 1. The molecule has 6 heteroatoms. The van der Waals surface area contributed by atoms with Crippen molar-refractivity contribution in [2.75, 3.05) is 14.2 Å². The Morgan fingerprint density at radius 1 is 1.11 bits per heavy atom. The molecule has 1 heterocycles. The Labute approximate surface area is 158 Å². The highest BCUT2D eigenvalue weighted by molar-refractivity contribution is 5.95. The second-order valence-electron chi connectivity index (χ2n) is 6.22. The molecule has 0 aliphatic rings. The molecule has 3 rings (SSSR count). The van der Waals surface area contributed by atoms with Gasteiger partial charge in [0.1, 0.15) is 23.4 Å². The molecule has 0 fully saturated rings. The summed E-state index contributed by atoms with van der Waals surface area (Å²) in [5.41, 5.74) is 2.26. The Hall–Kier alpha value is -3.28. The fourth-order valence-electron chi connectivity index (χ4n) is 3.03. The van der Waals surface area contributed by atoms with Crippen molar-refractivity contribution in [3.05, 3.63) is 77.4 Å². The van der Waals surface area contributed by atoms with E-state index >= 15 is 0 Å². The molecular formula is C21H23N3O3. The van der Waals surface area contributed by atoms with Gasteiger partial charge in [-0.2, -0.15) is 0 Å². The van der Waals surface area contributed by atoms with E-state index in [1.54, 1.807) is 32.5 Å². The van der Waals surface area contributed by atoms with Gasteiger partial charge in [-0.25, -0.2) is 4.98 Å². The number of amides is 1. The Morgan fingerprint density at radius 2 is 1.74 bits per heavy atom. The first kappa shape index (κ1) is 18.5. The number of rotatable bonds is 6. The highest BCUT2D eigenvalue weighted by atomic mass is 16.5. The summed E-state index contributed by atoms with van der Waals surface area (Å²) in [5, 5.41) is 3.08. The number of carbonyl (C=O) groups is 1. The third-order valence-electron chi connectivity index (χ3n) is 4.54. The maximum atomic E-state index is 13.0. The predicted octanol–water partition coefficient (Wildman–Crippen LogP) is 3.27. The summed E-state index contributed by atoms with van der Waals surface area (Å²) in [5.74, 6) is 1.73. The van der Waals surface area contributed by atoms with Crippen molar-refractivity contribution in [3.63, 3.8) is 0 Å². The standard InChI is InChI=1S/C21H23N3O3/c1-14-17(26-3)12-16(13-18(14)27-4)21(25)23-19(15-8-6-5-7-9-15)20-22-10-11-24(20)2/h5-13,19H,1-4H3,(H,23,25). The lowest BCUT2D eigenvalue weighted by molar-refractivity contribution is 0.0940. The fourth-order valence-corrected chi connectivity index (χ4v) is 3.03. The molecule has 1 unspecified atom stereocenters. The van der Waals surface area contributed by atoms with Crippen LogP contribution in [-0.4, -0.2) is 29.7 Å². The molecule has 0 bridgehead atoms. The van der Waals surface area contributed by atoms with Gasteiger partial charge in [0.05, 0.1) is 14.2 Å². The molecule has 3 aromatic rings. The lowest BCUT2D eigenvalue weighted by Crippen LogP contribution is -2.31. The van der Waals surface area contributed by atoms with Gasteiger partial charge < -0.3 is 19.4 Å². The average Bonchev–Trinajstić information content (AvgIpc) is 3.12. The maximum absolute atomic E-state index is 13.0. The van der Waals surface area contributed by atoms with Crippen molar-refractivity contribution in [2.45, 2.75) is 13.0 Å². The van der Waals surface area contributed by atoms with Crippen molar-refractivity contribution in [3.8, 4) is 11.5 Å². The number of benzene rings is 2. The molecule has 1 atom stereocenters. The van der Waals surface area contributed by atoms with Crippen LogP contribution in [0.25, 0.3) is 0 Å².